The normalized spacial score (nSPS) is 11.5. The van der Waals surface area contributed by atoms with Crippen LogP contribution in [0.2, 0.25) is 0 Å². The fourth-order valence-electron chi connectivity index (χ4n) is 3.82. The molecule has 3 aromatic rings. The van der Waals surface area contributed by atoms with Crippen molar-refractivity contribution in [3.8, 4) is 17.2 Å². The van der Waals surface area contributed by atoms with Crippen LogP contribution in [0.5, 0.6) is 11.5 Å². The Morgan fingerprint density at radius 2 is 1.84 bits per heavy atom. The van der Waals surface area contributed by atoms with Crippen LogP contribution in [0.15, 0.2) is 66.1 Å². The summed E-state index contributed by atoms with van der Waals surface area (Å²) >= 11 is 0. The van der Waals surface area contributed by atoms with Gasteiger partial charge in [-0.2, -0.15) is 0 Å². The van der Waals surface area contributed by atoms with Crippen molar-refractivity contribution in [1.29, 1.82) is 0 Å². The highest BCUT2D eigenvalue weighted by Gasteiger charge is 2.19. The second-order valence-electron chi connectivity index (χ2n) is 7.68. The molecule has 0 spiro atoms. The summed E-state index contributed by atoms with van der Waals surface area (Å²) in [5.74, 6) is 1.12. The van der Waals surface area contributed by atoms with E-state index in [-0.39, 0.29) is 18.8 Å². The van der Waals surface area contributed by atoms with Gasteiger partial charge in [0.2, 0.25) is 5.91 Å². The second kappa shape index (κ2) is 9.10. The molecule has 5 nitrogen and oxygen atoms in total. The molecule has 0 saturated carbocycles. The van der Waals surface area contributed by atoms with E-state index in [2.05, 4.69) is 11.9 Å². The van der Waals surface area contributed by atoms with Gasteiger partial charge in [-0.3, -0.25) is 9.59 Å². The number of benzene rings is 2. The number of nitrogens with zero attached hydrogens (tertiary/aromatic N) is 1. The Kier molecular flexibility index (Phi) is 6.49. The Morgan fingerprint density at radius 3 is 2.53 bits per heavy atom. The van der Waals surface area contributed by atoms with Crippen molar-refractivity contribution in [3.63, 3.8) is 0 Å². The standard InChI is InChI=1S/C26H24N2O3.CH4/c1-5-24(29)27-19-12-13-23(31-26-16(2)8-6-9-17(26)3)22(14-19)28-15-18(4)25(30)20-10-7-11-21(20)28;/h5-9,11-15H,1,10H2,2-4H3,(H,27,29);1H4. The van der Waals surface area contributed by atoms with E-state index in [1.165, 1.54) is 6.08 Å². The van der Waals surface area contributed by atoms with Gasteiger partial charge >= 0.3 is 0 Å². The molecule has 1 heterocycles. The van der Waals surface area contributed by atoms with E-state index in [4.69, 9.17) is 4.74 Å². The van der Waals surface area contributed by atoms with E-state index in [9.17, 15) is 9.59 Å². The van der Waals surface area contributed by atoms with E-state index in [0.29, 0.717) is 23.4 Å². The van der Waals surface area contributed by atoms with Crippen LogP contribution in [0.3, 0.4) is 0 Å². The largest absolute Gasteiger partial charge is 0.455 e. The van der Waals surface area contributed by atoms with E-state index < -0.39 is 0 Å². The Labute approximate surface area is 188 Å². The molecule has 1 N–H and O–H groups in total. The maximum atomic E-state index is 12.6. The number of nitrogens with one attached hydrogen (secondary N) is 1. The van der Waals surface area contributed by atoms with Gasteiger partial charge in [-0.05, 0) is 68.7 Å². The lowest BCUT2D eigenvalue weighted by Crippen LogP contribution is -2.17. The van der Waals surface area contributed by atoms with Crippen molar-refractivity contribution < 1.29 is 9.53 Å². The first-order chi connectivity index (χ1) is 14.9. The minimum atomic E-state index is -0.296. The third-order valence-corrected chi connectivity index (χ3v) is 5.41. The molecule has 0 atom stereocenters. The van der Waals surface area contributed by atoms with Gasteiger partial charge in [0.15, 0.2) is 11.2 Å². The van der Waals surface area contributed by atoms with Crippen LogP contribution >= 0.6 is 0 Å². The number of para-hydroxylation sites is 1. The molecule has 1 amide bonds. The maximum Gasteiger partial charge on any atom is 0.247 e. The van der Waals surface area contributed by atoms with Gasteiger partial charge in [-0.15, -0.1) is 0 Å². The number of hydrogen-bond donors (Lipinski definition) is 1. The van der Waals surface area contributed by atoms with Crippen LogP contribution in [0.1, 0.15) is 35.4 Å². The predicted molar refractivity (Wildman–Crippen MR) is 131 cm³/mol. The minimum Gasteiger partial charge on any atom is -0.455 e. The first-order valence-corrected chi connectivity index (χ1v) is 10.1. The molecular formula is C27H28N2O3. The molecule has 0 radical (unpaired) electrons. The first-order valence-electron chi connectivity index (χ1n) is 10.1. The van der Waals surface area contributed by atoms with Crippen LogP contribution in [0.25, 0.3) is 11.8 Å². The van der Waals surface area contributed by atoms with E-state index >= 15 is 0 Å². The SMILES string of the molecule is C.C=CC(=O)Nc1ccc(Oc2c(C)cccc2C)c(-n2cc(C)c(=O)c3c2C=CC3)c1. The molecule has 32 heavy (non-hydrogen) atoms. The van der Waals surface area contributed by atoms with Gasteiger partial charge in [0.05, 0.1) is 11.4 Å². The van der Waals surface area contributed by atoms with E-state index in [1.807, 2.05) is 74.0 Å². The molecule has 0 unspecified atom stereocenters. The summed E-state index contributed by atoms with van der Waals surface area (Å²) in [4.78, 5) is 24.5. The Morgan fingerprint density at radius 1 is 1.12 bits per heavy atom. The number of pyridine rings is 1. The predicted octanol–water partition coefficient (Wildman–Crippen LogP) is 5.88. The van der Waals surface area contributed by atoms with Gasteiger partial charge in [-0.1, -0.05) is 38.3 Å². The fourth-order valence-corrected chi connectivity index (χ4v) is 3.82. The zero-order valence-electron chi connectivity index (χ0n) is 17.9. The summed E-state index contributed by atoms with van der Waals surface area (Å²) < 4.78 is 8.35. The third-order valence-electron chi connectivity index (χ3n) is 5.41. The lowest BCUT2D eigenvalue weighted by Gasteiger charge is -2.20. The summed E-state index contributed by atoms with van der Waals surface area (Å²) in [7, 11) is 0. The molecule has 1 aliphatic rings. The van der Waals surface area contributed by atoms with Crippen molar-refractivity contribution in [3.05, 3.63) is 99.5 Å². The van der Waals surface area contributed by atoms with Crippen LogP contribution in [-0.4, -0.2) is 10.5 Å². The van der Waals surface area contributed by atoms with Crippen LogP contribution in [0.4, 0.5) is 5.69 Å². The van der Waals surface area contributed by atoms with Crippen molar-refractivity contribution in [2.45, 2.75) is 34.6 Å². The van der Waals surface area contributed by atoms with E-state index in [1.54, 1.807) is 6.07 Å². The van der Waals surface area contributed by atoms with Crippen LogP contribution in [-0.2, 0) is 11.2 Å². The summed E-state index contributed by atoms with van der Waals surface area (Å²) in [5, 5.41) is 2.80. The maximum absolute atomic E-state index is 12.6. The summed E-state index contributed by atoms with van der Waals surface area (Å²) in [6, 6.07) is 11.5. The number of carbonyl (C=O) groups is 1. The number of rotatable bonds is 5. The van der Waals surface area contributed by atoms with E-state index in [0.717, 1.165) is 33.8 Å². The third kappa shape index (κ3) is 4.14. The van der Waals surface area contributed by atoms with Gasteiger partial charge in [0.25, 0.3) is 0 Å². The molecule has 1 aromatic heterocycles. The molecule has 1 aliphatic carbocycles. The van der Waals surface area contributed by atoms with Gasteiger partial charge in [0.1, 0.15) is 5.75 Å². The van der Waals surface area contributed by atoms with Crippen molar-refractivity contribution in [1.82, 2.24) is 4.57 Å². The molecular weight excluding hydrogens is 400 g/mol. The highest BCUT2D eigenvalue weighted by molar-refractivity contribution is 5.99. The summed E-state index contributed by atoms with van der Waals surface area (Å²) in [6.45, 7) is 9.33. The highest BCUT2D eigenvalue weighted by atomic mass is 16.5. The molecule has 0 aliphatic heterocycles. The number of aryl methyl sites for hydroxylation is 3. The van der Waals surface area contributed by atoms with Crippen LogP contribution < -0.4 is 15.5 Å². The molecule has 164 valence electrons. The minimum absolute atomic E-state index is 0. The monoisotopic (exact) mass is 428 g/mol. The number of allylic oxidation sites excluding steroid dienone is 1. The lowest BCUT2D eigenvalue weighted by molar-refractivity contribution is -0.111. The van der Waals surface area contributed by atoms with Crippen molar-refractivity contribution in [2.75, 3.05) is 5.32 Å². The lowest BCUT2D eigenvalue weighted by atomic mass is 10.1. The molecule has 2 aromatic carbocycles. The highest BCUT2D eigenvalue weighted by Crippen LogP contribution is 2.35. The average Bonchev–Trinajstić information content (AvgIpc) is 3.24. The van der Waals surface area contributed by atoms with Crippen molar-refractivity contribution >= 4 is 17.7 Å². The second-order valence-corrected chi connectivity index (χ2v) is 7.68. The van der Waals surface area contributed by atoms with Crippen LogP contribution in [0, 0.1) is 20.8 Å². The zero-order valence-corrected chi connectivity index (χ0v) is 17.9. The molecule has 0 fully saturated rings. The van der Waals surface area contributed by atoms with Gasteiger partial charge < -0.3 is 14.6 Å². The quantitative estimate of drug-likeness (QED) is 0.516. The Bertz CT molecular complexity index is 1280. The smallest absolute Gasteiger partial charge is 0.247 e. The fraction of sp³-hybridized carbons (Fsp3) is 0.185. The number of hydrogen-bond acceptors (Lipinski definition) is 3. The molecule has 0 saturated heterocycles. The molecule has 0 bridgehead atoms. The first kappa shape index (κ1) is 22.8. The topological polar surface area (TPSA) is 60.3 Å². The zero-order chi connectivity index (χ0) is 22.1. The number of anilines is 1. The summed E-state index contributed by atoms with van der Waals surface area (Å²) in [5.41, 5.74) is 5.70. The number of aromatic nitrogens is 1. The summed E-state index contributed by atoms with van der Waals surface area (Å²) in [6.07, 6.45) is 7.59. The Hall–Kier alpha value is -3.86. The van der Waals surface area contributed by atoms with Crippen molar-refractivity contribution in [2.24, 2.45) is 0 Å². The number of fused-ring (bicyclic) bond motifs is 1. The average molecular weight is 429 g/mol. The van der Waals surface area contributed by atoms with Gasteiger partial charge in [-0.25, -0.2) is 0 Å². The molecule has 4 rings (SSSR count). The number of ether oxygens (including phenoxy) is 1. The van der Waals surface area contributed by atoms with Gasteiger partial charge in [0, 0.05) is 23.0 Å². The molecule has 5 heteroatoms. The Balaban J connectivity index is 0.00000289. The number of carbonyl (C=O) groups excluding carboxylic acids is 1. The number of amides is 1.